The molecule has 42 heavy (non-hydrogen) atoms. The van der Waals surface area contributed by atoms with Crippen molar-refractivity contribution in [2.45, 2.75) is 30.7 Å². The van der Waals surface area contributed by atoms with Crippen molar-refractivity contribution in [1.29, 1.82) is 0 Å². The van der Waals surface area contributed by atoms with E-state index in [2.05, 4.69) is 5.32 Å². The van der Waals surface area contributed by atoms with Gasteiger partial charge in [-0.15, -0.1) is 0 Å². The van der Waals surface area contributed by atoms with Gasteiger partial charge in [-0.05, 0) is 73.8 Å². The summed E-state index contributed by atoms with van der Waals surface area (Å²) in [5.74, 6) is -1.09. The van der Waals surface area contributed by atoms with Crippen molar-refractivity contribution in [2.24, 2.45) is 5.73 Å². The molecule has 2 aliphatic heterocycles. The molecule has 11 heteroatoms. The number of nitrogens with zero attached hydrogens (tertiary/aromatic N) is 2. The van der Waals surface area contributed by atoms with Crippen molar-refractivity contribution < 1.29 is 22.8 Å². The molecule has 1 atom stereocenters. The number of halogens is 1. The first-order valence-electron chi connectivity index (χ1n) is 13.8. The highest BCUT2D eigenvalue weighted by molar-refractivity contribution is 7.92. The maximum Gasteiger partial charge on any atom is 0.261 e. The van der Waals surface area contributed by atoms with Crippen LogP contribution in [0.3, 0.4) is 0 Å². The summed E-state index contributed by atoms with van der Waals surface area (Å²) in [6.45, 7) is 0.802. The zero-order valence-corrected chi connectivity index (χ0v) is 24.8. The van der Waals surface area contributed by atoms with Crippen LogP contribution >= 0.6 is 11.6 Å². The number of ketones is 1. The summed E-state index contributed by atoms with van der Waals surface area (Å²) in [4.78, 5) is 41.3. The predicted octanol–water partition coefficient (Wildman–Crippen LogP) is 3.16. The number of carbonyl (C=O) groups is 3. The first-order chi connectivity index (χ1) is 20.0. The van der Waals surface area contributed by atoms with Crippen LogP contribution in [0, 0.1) is 0 Å². The molecule has 220 valence electrons. The van der Waals surface area contributed by atoms with E-state index in [0.29, 0.717) is 59.8 Å². The van der Waals surface area contributed by atoms with E-state index in [1.165, 1.54) is 4.31 Å². The summed E-state index contributed by atoms with van der Waals surface area (Å²) in [6, 6.07) is 19.8. The average Bonchev–Trinajstić information content (AvgIpc) is 3.23. The Labute approximate surface area is 250 Å². The van der Waals surface area contributed by atoms with Crippen LogP contribution in [-0.4, -0.2) is 69.4 Å². The maximum atomic E-state index is 14.3. The van der Waals surface area contributed by atoms with Crippen LogP contribution in [0.25, 0.3) is 0 Å². The summed E-state index contributed by atoms with van der Waals surface area (Å²) in [6.07, 6.45) is 2.26. The molecule has 3 aromatic rings. The highest BCUT2D eigenvalue weighted by Crippen LogP contribution is 2.41. The van der Waals surface area contributed by atoms with Gasteiger partial charge in [0.1, 0.15) is 0 Å². The topological polar surface area (TPSA) is 130 Å². The molecule has 1 saturated heterocycles. The molecule has 0 spiro atoms. The molecule has 0 radical (unpaired) electrons. The third-order valence-corrected chi connectivity index (χ3v) is 9.56. The molecule has 0 unspecified atom stereocenters. The summed E-state index contributed by atoms with van der Waals surface area (Å²) >= 11 is 6.03. The molecule has 1 fully saturated rings. The van der Waals surface area contributed by atoms with Gasteiger partial charge in [-0.1, -0.05) is 54.1 Å². The van der Waals surface area contributed by atoms with Gasteiger partial charge in [0.2, 0.25) is 10.0 Å². The van der Waals surface area contributed by atoms with Crippen LogP contribution in [0.1, 0.15) is 44.7 Å². The van der Waals surface area contributed by atoms with Gasteiger partial charge in [0.25, 0.3) is 11.8 Å². The van der Waals surface area contributed by atoms with Gasteiger partial charge in [0.05, 0.1) is 41.1 Å². The second kappa shape index (κ2) is 12.0. The number of imide groups is 1. The van der Waals surface area contributed by atoms with E-state index >= 15 is 0 Å². The highest BCUT2D eigenvalue weighted by atomic mass is 35.5. The Morgan fingerprint density at radius 3 is 2.14 bits per heavy atom. The Kier molecular flexibility index (Phi) is 8.52. The van der Waals surface area contributed by atoms with Crippen LogP contribution < -0.4 is 15.4 Å². The molecule has 9 nitrogen and oxygen atoms in total. The lowest BCUT2D eigenvalue weighted by Crippen LogP contribution is -2.53. The quantitative estimate of drug-likeness (QED) is 0.338. The van der Waals surface area contributed by atoms with Crippen LogP contribution in [0.15, 0.2) is 72.8 Å². The minimum Gasteiger partial charge on any atom is -0.321 e. The molecule has 2 aliphatic rings. The summed E-state index contributed by atoms with van der Waals surface area (Å²) in [7, 11) is -3.89. The van der Waals surface area contributed by atoms with Crippen LogP contribution in [0.4, 0.5) is 5.69 Å². The van der Waals surface area contributed by atoms with Gasteiger partial charge < -0.3 is 11.1 Å². The van der Waals surface area contributed by atoms with Crippen molar-refractivity contribution in [1.82, 2.24) is 10.2 Å². The lowest BCUT2D eigenvalue weighted by Gasteiger charge is -2.41. The van der Waals surface area contributed by atoms with Crippen LogP contribution in [-0.2, 0) is 26.7 Å². The number of rotatable bonds is 10. The second-order valence-corrected chi connectivity index (χ2v) is 13.1. The molecule has 3 aromatic carbocycles. The van der Waals surface area contributed by atoms with Gasteiger partial charge in [0, 0.05) is 11.6 Å². The predicted molar refractivity (Wildman–Crippen MR) is 162 cm³/mol. The Balaban J connectivity index is 1.48. The fraction of sp³-hybridized carbons (Fsp3) is 0.323. The summed E-state index contributed by atoms with van der Waals surface area (Å²) in [5, 5.41) is 3.88. The SMILES string of the molecule is CS(=O)(=O)N(CCN1C(=O)c2ccccc2C1=O)c1ccccc1C1(C(=O)[C@H](N)Cc2ccc(Cl)cc2)CCNCC1. The maximum absolute atomic E-state index is 14.3. The van der Waals surface area contributed by atoms with Gasteiger partial charge in [-0.3, -0.25) is 23.6 Å². The van der Waals surface area contributed by atoms with E-state index in [9.17, 15) is 22.8 Å². The molecule has 0 aliphatic carbocycles. The number of hydrogen-bond donors (Lipinski definition) is 2. The molecule has 0 bridgehead atoms. The summed E-state index contributed by atoms with van der Waals surface area (Å²) < 4.78 is 27.7. The third-order valence-electron chi connectivity index (χ3n) is 8.13. The Morgan fingerprint density at radius 2 is 1.55 bits per heavy atom. The molecular weight excluding hydrogens is 576 g/mol. The number of benzene rings is 3. The number of piperidine rings is 1. The zero-order chi connectivity index (χ0) is 30.1. The molecule has 2 heterocycles. The lowest BCUT2D eigenvalue weighted by molar-refractivity contribution is -0.127. The molecule has 2 amide bonds. The summed E-state index contributed by atoms with van der Waals surface area (Å²) in [5.41, 5.74) is 7.88. The lowest BCUT2D eigenvalue weighted by atomic mass is 9.67. The van der Waals surface area contributed by atoms with Crippen LogP contribution in [0.5, 0.6) is 0 Å². The fourth-order valence-corrected chi connectivity index (χ4v) is 7.07. The number of Topliss-reactive ketones (excluding diaryl/α,β-unsaturated/α-hetero) is 1. The number of nitrogens with one attached hydrogen (secondary N) is 1. The Bertz CT molecular complexity index is 1590. The second-order valence-electron chi connectivity index (χ2n) is 10.8. The van der Waals surface area contributed by atoms with E-state index in [4.69, 9.17) is 17.3 Å². The highest BCUT2D eigenvalue weighted by Gasteiger charge is 2.45. The number of nitrogens with two attached hydrogens (primary N) is 1. The minimum absolute atomic E-state index is 0.146. The zero-order valence-electron chi connectivity index (χ0n) is 23.3. The first-order valence-corrected chi connectivity index (χ1v) is 16.0. The minimum atomic E-state index is -3.89. The number of carbonyl (C=O) groups excluding carboxylic acids is 3. The van der Waals surface area contributed by atoms with E-state index in [0.717, 1.165) is 16.7 Å². The van der Waals surface area contributed by atoms with Gasteiger partial charge in [-0.25, -0.2) is 8.42 Å². The molecule has 0 saturated carbocycles. The smallest absolute Gasteiger partial charge is 0.261 e. The first kappa shape index (κ1) is 29.9. The molecule has 3 N–H and O–H groups in total. The Morgan fingerprint density at radius 1 is 0.976 bits per heavy atom. The van der Waals surface area contributed by atoms with Gasteiger partial charge in [0.15, 0.2) is 5.78 Å². The standard InChI is InChI=1S/C31H33ClN4O5S/c1-42(40,41)36(19-18-35-29(38)23-6-2-3-7-24(23)30(35)39)27-9-5-4-8-25(27)31(14-16-34-17-15-31)28(37)26(33)20-21-10-12-22(32)13-11-21/h2-13,26,34H,14-20,33H2,1H3/t26-/m1/s1. The van der Waals surface area contributed by atoms with Crippen molar-refractivity contribution in [3.05, 3.63) is 100 Å². The molecule has 5 rings (SSSR count). The number of hydrogen-bond acceptors (Lipinski definition) is 7. The monoisotopic (exact) mass is 608 g/mol. The van der Waals surface area contributed by atoms with E-state index in [-0.39, 0.29) is 18.9 Å². The number of anilines is 1. The number of para-hydroxylation sites is 1. The van der Waals surface area contributed by atoms with Crippen molar-refractivity contribution in [2.75, 3.05) is 36.7 Å². The number of fused-ring (bicyclic) bond motifs is 1. The normalized spacial score (nSPS) is 17.2. The number of amides is 2. The van der Waals surface area contributed by atoms with E-state index in [1.54, 1.807) is 60.7 Å². The van der Waals surface area contributed by atoms with E-state index < -0.39 is 33.3 Å². The fourth-order valence-electron chi connectivity index (χ4n) is 6.02. The molecule has 0 aromatic heterocycles. The largest absolute Gasteiger partial charge is 0.321 e. The Hall–Kier alpha value is -3.57. The van der Waals surface area contributed by atoms with Crippen molar-refractivity contribution in [3.63, 3.8) is 0 Å². The number of sulfonamides is 1. The molecular formula is C31H33ClN4O5S. The van der Waals surface area contributed by atoms with Crippen molar-refractivity contribution >= 4 is 44.9 Å². The van der Waals surface area contributed by atoms with Crippen molar-refractivity contribution in [3.8, 4) is 0 Å². The van der Waals surface area contributed by atoms with Crippen LogP contribution in [0.2, 0.25) is 5.02 Å². The van der Waals surface area contributed by atoms with Gasteiger partial charge >= 0.3 is 0 Å². The van der Waals surface area contributed by atoms with E-state index in [1.807, 2.05) is 12.1 Å². The van der Waals surface area contributed by atoms with Gasteiger partial charge in [-0.2, -0.15) is 0 Å². The third kappa shape index (κ3) is 5.72. The average molecular weight is 609 g/mol.